The number of fused-ring (bicyclic) bond motifs is 1. The van der Waals surface area contributed by atoms with E-state index in [9.17, 15) is 13.2 Å². The van der Waals surface area contributed by atoms with Crippen molar-refractivity contribution < 1.29 is 17.6 Å². The van der Waals surface area contributed by atoms with Crippen molar-refractivity contribution in [1.82, 2.24) is 4.31 Å². The van der Waals surface area contributed by atoms with Crippen LogP contribution >= 0.6 is 0 Å². The highest BCUT2D eigenvalue weighted by Crippen LogP contribution is 2.25. The number of nitrogens with one attached hydrogen (secondary N) is 1. The van der Waals surface area contributed by atoms with E-state index in [1.807, 2.05) is 18.2 Å². The van der Waals surface area contributed by atoms with Crippen molar-refractivity contribution in [2.75, 3.05) is 18.4 Å². The third-order valence-corrected chi connectivity index (χ3v) is 6.90. The molecule has 2 heterocycles. The summed E-state index contributed by atoms with van der Waals surface area (Å²) in [6, 6.07) is 15.3. The Morgan fingerprint density at radius 1 is 1.14 bits per heavy atom. The fourth-order valence-electron chi connectivity index (χ4n) is 3.51. The van der Waals surface area contributed by atoms with Gasteiger partial charge < -0.3 is 9.73 Å². The second-order valence-corrected chi connectivity index (χ2v) is 9.18. The van der Waals surface area contributed by atoms with Gasteiger partial charge in [0.25, 0.3) is 5.91 Å². The number of para-hydroxylation sites is 1. The van der Waals surface area contributed by atoms with Gasteiger partial charge in [-0.05, 0) is 55.2 Å². The Hall–Kier alpha value is -2.64. The Balaban J connectivity index is 1.49. The molecule has 1 amide bonds. The Labute approximate surface area is 164 Å². The molecule has 1 aliphatic rings. The van der Waals surface area contributed by atoms with Gasteiger partial charge in [-0.2, -0.15) is 4.31 Å². The van der Waals surface area contributed by atoms with Gasteiger partial charge in [-0.1, -0.05) is 25.1 Å². The molecular formula is C21H22N2O4S. The molecule has 28 heavy (non-hydrogen) atoms. The molecule has 1 atom stereocenters. The Bertz CT molecular complexity index is 1070. The molecule has 1 N–H and O–H groups in total. The number of rotatable bonds is 4. The van der Waals surface area contributed by atoms with Crippen LogP contribution in [0.4, 0.5) is 5.69 Å². The van der Waals surface area contributed by atoms with Crippen LogP contribution in [0.25, 0.3) is 11.0 Å². The molecule has 1 fully saturated rings. The van der Waals surface area contributed by atoms with Crippen molar-refractivity contribution >= 4 is 32.6 Å². The molecule has 0 unspecified atom stereocenters. The summed E-state index contributed by atoms with van der Waals surface area (Å²) in [6.45, 7) is 3.17. The van der Waals surface area contributed by atoms with Gasteiger partial charge in [-0.25, -0.2) is 8.42 Å². The van der Waals surface area contributed by atoms with Gasteiger partial charge in [-0.3, -0.25) is 4.79 Å². The van der Waals surface area contributed by atoms with Crippen molar-refractivity contribution in [3.63, 3.8) is 0 Å². The summed E-state index contributed by atoms with van der Waals surface area (Å²) in [5.74, 6) is 0.197. The predicted octanol–water partition coefficient (Wildman–Crippen LogP) is 4.11. The number of benzene rings is 2. The summed E-state index contributed by atoms with van der Waals surface area (Å²) >= 11 is 0. The number of furan rings is 1. The highest BCUT2D eigenvalue weighted by Gasteiger charge is 2.28. The molecular weight excluding hydrogens is 376 g/mol. The van der Waals surface area contributed by atoms with Crippen molar-refractivity contribution in [1.29, 1.82) is 0 Å². The minimum Gasteiger partial charge on any atom is -0.451 e. The van der Waals surface area contributed by atoms with Crippen LogP contribution in [0.5, 0.6) is 0 Å². The van der Waals surface area contributed by atoms with Gasteiger partial charge in [0.2, 0.25) is 10.0 Å². The zero-order valence-corrected chi connectivity index (χ0v) is 16.4. The van der Waals surface area contributed by atoms with Crippen molar-refractivity contribution in [2.24, 2.45) is 5.92 Å². The molecule has 7 heteroatoms. The molecule has 3 aromatic rings. The summed E-state index contributed by atoms with van der Waals surface area (Å²) in [6.07, 6.45) is 1.94. The van der Waals surface area contributed by atoms with Crippen LogP contribution in [0, 0.1) is 5.92 Å². The minimum atomic E-state index is -3.51. The number of carbonyl (C=O) groups excluding carboxylic acids is 1. The molecule has 0 spiro atoms. The maximum Gasteiger partial charge on any atom is 0.291 e. The number of nitrogens with zero attached hydrogens (tertiary/aromatic N) is 1. The largest absolute Gasteiger partial charge is 0.451 e. The molecule has 6 nitrogen and oxygen atoms in total. The zero-order valence-electron chi connectivity index (χ0n) is 15.6. The van der Waals surface area contributed by atoms with Crippen LogP contribution < -0.4 is 5.32 Å². The standard InChI is InChI=1S/C21H22N2O4S/c1-15-5-4-12-23(14-15)28(25,26)18-10-8-17(9-11-18)22-21(24)20-13-16-6-2-3-7-19(16)27-20/h2-3,6-11,13,15H,4-5,12,14H2,1H3,(H,22,24)/t15-/m0/s1. The fraction of sp³-hybridized carbons (Fsp3) is 0.286. The van der Waals surface area contributed by atoms with E-state index in [0.717, 1.165) is 18.2 Å². The highest BCUT2D eigenvalue weighted by molar-refractivity contribution is 7.89. The number of hydrogen-bond donors (Lipinski definition) is 1. The van der Waals surface area contributed by atoms with Gasteiger partial charge in [0.15, 0.2) is 5.76 Å². The lowest BCUT2D eigenvalue weighted by atomic mass is 10.0. The first-order valence-electron chi connectivity index (χ1n) is 9.33. The quantitative estimate of drug-likeness (QED) is 0.717. The summed E-state index contributed by atoms with van der Waals surface area (Å²) in [7, 11) is -3.51. The maximum atomic E-state index is 12.8. The van der Waals surface area contributed by atoms with Crippen LogP contribution in [0.1, 0.15) is 30.3 Å². The Morgan fingerprint density at radius 2 is 1.89 bits per heavy atom. The van der Waals surface area contributed by atoms with E-state index in [1.165, 1.54) is 12.1 Å². The Morgan fingerprint density at radius 3 is 2.61 bits per heavy atom. The lowest BCUT2D eigenvalue weighted by Gasteiger charge is -2.30. The molecule has 4 rings (SSSR count). The summed E-state index contributed by atoms with van der Waals surface area (Å²) in [5.41, 5.74) is 1.15. The minimum absolute atomic E-state index is 0.209. The lowest BCUT2D eigenvalue weighted by molar-refractivity contribution is 0.0998. The van der Waals surface area contributed by atoms with Crippen LogP contribution in [0.2, 0.25) is 0 Å². The first-order chi connectivity index (χ1) is 13.4. The molecule has 1 aromatic heterocycles. The van der Waals surface area contributed by atoms with Crippen LogP contribution in [-0.2, 0) is 10.0 Å². The van der Waals surface area contributed by atoms with E-state index in [0.29, 0.717) is 30.3 Å². The SMILES string of the molecule is C[C@H]1CCCN(S(=O)(=O)c2ccc(NC(=O)c3cc4ccccc4o3)cc2)C1. The number of carbonyl (C=O) groups is 1. The highest BCUT2D eigenvalue weighted by atomic mass is 32.2. The summed E-state index contributed by atoms with van der Waals surface area (Å²) < 4.78 is 32.7. The predicted molar refractivity (Wildman–Crippen MR) is 108 cm³/mol. The molecule has 0 bridgehead atoms. The van der Waals surface area contributed by atoms with Crippen LogP contribution in [-0.4, -0.2) is 31.7 Å². The monoisotopic (exact) mass is 398 g/mol. The van der Waals surface area contributed by atoms with Gasteiger partial charge >= 0.3 is 0 Å². The van der Waals surface area contributed by atoms with E-state index in [4.69, 9.17) is 4.42 Å². The van der Waals surface area contributed by atoms with E-state index in [-0.39, 0.29) is 16.6 Å². The molecule has 0 aliphatic carbocycles. The third kappa shape index (κ3) is 3.68. The van der Waals surface area contributed by atoms with E-state index >= 15 is 0 Å². The summed E-state index contributed by atoms with van der Waals surface area (Å²) in [4.78, 5) is 12.7. The molecule has 146 valence electrons. The molecule has 2 aromatic carbocycles. The van der Waals surface area contributed by atoms with Gasteiger partial charge in [0, 0.05) is 24.2 Å². The number of amides is 1. The van der Waals surface area contributed by atoms with Gasteiger partial charge in [0.05, 0.1) is 4.90 Å². The van der Waals surface area contributed by atoms with Crippen LogP contribution in [0.15, 0.2) is 63.9 Å². The number of sulfonamides is 1. The van der Waals surface area contributed by atoms with E-state index < -0.39 is 10.0 Å². The normalized spacial score (nSPS) is 18.2. The second kappa shape index (κ2) is 7.41. The molecule has 0 radical (unpaired) electrons. The van der Waals surface area contributed by atoms with E-state index in [1.54, 1.807) is 28.6 Å². The number of anilines is 1. The molecule has 1 saturated heterocycles. The van der Waals surface area contributed by atoms with Crippen molar-refractivity contribution in [3.8, 4) is 0 Å². The first-order valence-corrected chi connectivity index (χ1v) is 10.8. The fourth-order valence-corrected chi connectivity index (χ4v) is 5.11. The van der Waals surface area contributed by atoms with E-state index in [2.05, 4.69) is 12.2 Å². The van der Waals surface area contributed by atoms with Crippen molar-refractivity contribution in [2.45, 2.75) is 24.7 Å². The summed E-state index contributed by atoms with van der Waals surface area (Å²) in [5, 5.41) is 3.60. The third-order valence-electron chi connectivity index (χ3n) is 5.02. The zero-order chi connectivity index (χ0) is 19.7. The molecule has 1 aliphatic heterocycles. The maximum absolute atomic E-state index is 12.8. The first kappa shape index (κ1) is 18.7. The number of piperidine rings is 1. The average Bonchev–Trinajstić information content (AvgIpc) is 3.13. The topological polar surface area (TPSA) is 79.6 Å². The number of hydrogen-bond acceptors (Lipinski definition) is 4. The molecule has 0 saturated carbocycles. The smallest absolute Gasteiger partial charge is 0.291 e. The van der Waals surface area contributed by atoms with Crippen molar-refractivity contribution in [3.05, 3.63) is 60.4 Å². The average molecular weight is 398 g/mol. The van der Waals surface area contributed by atoms with Gasteiger partial charge in [0.1, 0.15) is 5.58 Å². The lowest BCUT2D eigenvalue weighted by Crippen LogP contribution is -2.39. The second-order valence-electron chi connectivity index (χ2n) is 7.24. The Kier molecular flexibility index (Phi) is 4.95. The van der Waals surface area contributed by atoms with Crippen LogP contribution in [0.3, 0.4) is 0 Å². The van der Waals surface area contributed by atoms with Gasteiger partial charge in [-0.15, -0.1) is 0 Å².